The van der Waals surface area contributed by atoms with Crippen molar-refractivity contribution in [2.24, 2.45) is 0 Å². The molecule has 17 heavy (non-hydrogen) atoms. The third-order valence-corrected chi connectivity index (χ3v) is 3.15. The van der Waals surface area contributed by atoms with Crippen molar-refractivity contribution in [1.82, 2.24) is 0 Å². The summed E-state index contributed by atoms with van der Waals surface area (Å²) in [6, 6.07) is 7.21. The van der Waals surface area contributed by atoms with Crippen LogP contribution in [0.25, 0.3) is 5.57 Å². The molecule has 1 atom stereocenters. The first-order valence-electron chi connectivity index (χ1n) is 5.28. The summed E-state index contributed by atoms with van der Waals surface area (Å²) in [6.07, 6.45) is 3.30. The van der Waals surface area contributed by atoms with Gasteiger partial charge < -0.3 is 15.3 Å². The lowest BCUT2D eigenvalue weighted by molar-refractivity contribution is 0.179. The molecule has 0 heterocycles. The van der Waals surface area contributed by atoms with E-state index in [9.17, 15) is 10.2 Å². The molecule has 3 N–H and O–H groups in total. The Kier molecular flexibility index (Phi) is 3.28. The lowest BCUT2D eigenvalue weighted by Crippen LogP contribution is -2.25. The summed E-state index contributed by atoms with van der Waals surface area (Å²) >= 11 is 4.17. The Morgan fingerprint density at radius 1 is 1.18 bits per heavy atom. The number of benzene rings is 1. The van der Waals surface area contributed by atoms with Gasteiger partial charge in [0.05, 0.1) is 12.4 Å². The van der Waals surface area contributed by atoms with Crippen molar-refractivity contribution < 1.29 is 15.3 Å². The first kappa shape index (κ1) is 12.2. The zero-order valence-corrected chi connectivity index (χ0v) is 10.1. The Morgan fingerprint density at radius 3 is 2.35 bits per heavy atom. The molecule has 90 valence electrons. The van der Waals surface area contributed by atoms with Crippen LogP contribution in [0.4, 0.5) is 0 Å². The van der Waals surface area contributed by atoms with Crippen molar-refractivity contribution in [2.45, 2.75) is 18.0 Å². The quantitative estimate of drug-likeness (QED) is 0.480. The smallest absolute Gasteiger partial charge is 0.140 e. The highest BCUT2D eigenvalue weighted by molar-refractivity contribution is 7.82. The minimum atomic E-state index is -1.36. The molecule has 1 aliphatic carbocycles. The second kappa shape index (κ2) is 4.56. The molecule has 1 aromatic rings. The van der Waals surface area contributed by atoms with Crippen molar-refractivity contribution in [3.8, 4) is 0 Å². The highest BCUT2D eigenvalue weighted by Gasteiger charge is 2.31. The minimum Gasteiger partial charge on any atom is -0.512 e. The second-order valence-corrected chi connectivity index (χ2v) is 4.83. The number of aliphatic hydroxyl groups excluding tert-OH is 2. The van der Waals surface area contributed by atoms with Crippen molar-refractivity contribution in [3.05, 3.63) is 53.3 Å². The number of rotatable bonds is 2. The van der Waals surface area contributed by atoms with E-state index in [2.05, 4.69) is 12.6 Å². The predicted molar refractivity (Wildman–Crippen MR) is 69.6 cm³/mol. The highest BCUT2D eigenvalue weighted by Crippen LogP contribution is 2.38. The SMILES string of the molecule is OCc1ccc(C2=CC=C(O)CC2(O)S)cc1. The maximum atomic E-state index is 10.1. The molecule has 3 nitrogen and oxygen atoms in total. The van der Waals surface area contributed by atoms with Crippen LogP contribution < -0.4 is 0 Å². The van der Waals surface area contributed by atoms with Crippen LogP contribution in [-0.4, -0.2) is 20.3 Å². The molecule has 0 spiro atoms. The summed E-state index contributed by atoms with van der Waals surface area (Å²) in [5, 5.41) is 28.5. The number of aliphatic hydroxyl groups is 3. The van der Waals surface area contributed by atoms with Gasteiger partial charge in [0.15, 0.2) is 0 Å². The van der Waals surface area contributed by atoms with Crippen LogP contribution in [0.5, 0.6) is 0 Å². The van der Waals surface area contributed by atoms with E-state index >= 15 is 0 Å². The van der Waals surface area contributed by atoms with Crippen LogP contribution in [0.3, 0.4) is 0 Å². The average molecular weight is 250 g/mol. The topological polar surface area (TPSA) is 60.7 Å². The van der Waals surface area contributed by atoms with Crippen molar-refractivity contribution in [3.63, 3.8) is 0 Å². The molecule has 1 aromatic carbocycles. The summed E-state index contributed by atoms with van der Waals surface area (Å²) in [5.41, 5.74) is 2.28. The molecule has 0 aliphatic heterocycles. The predicted octanol–water partition coefficient (Wildman–Crippen LogP) is 2.03. The van der Waals surface area contributed by atoms with E-state index < -0.39 is 4.93 Å². The van der Waals surface area contributed by atoms with E-state index in [0.717, 1.165) is 11.1 Å². The number of hydrogen-bond acceptors (Lipinski definition) is 4. The van der Waals surface area contributed by atoms with Gasteiger partial charge >= 0.3 is 0 Å². The van der Waals surface area contributed by atoms with E-state index in [-0.39, 0.29) is 18.8 Å². The van der Waals surface area contributed by atoms with Gasteiger partial charge in [-0.15, -0.1) is 12.6 Å². The Balaban J connectivity index is 2.38. The summed E-state index contributed by atoms with van der Waals surface area (Å²) in [5.74, 6) is 0.109. The van der Waals surface area contributed by atoms with Crippen LogP contribution in [0.15, 0.2) is 42.2 Å². The minimum absolute atomic E-state index is 0.00877. The van der Waals surface area contributed by atoms with Crippen molar-refractivity contribution in [1.29, 1.82) is 0 Å². The van der Waals surface area contributed by atoms with Gasteiger partial charge in [0.1, 0.15) is 4.93 Å². The lowest BCUT2D eigenvalue weighted by Gasteiger charge is -2.28. The molecule has 0 saturated carbocycles. The third-order valence-electron chi connectivity index (χ3n) is 2.75. The van der Waals surface area contributed by atoms with E-state index in [4.69, 9.17) is 5.11 Å². The molecule has 1 aliphatic rings. The molecular formula is C13H14O3S. The van der Waals surface area contributed by atoms with Crippen molar-refractivity contribution >= 4 is 18.2 Å². The number of thiol groups is 1. The standard InChI is InChI=1S/C13H14O3S/c14-8-9-1-3-10(4-2-9)12-6-5-11(15)7-13(12,16)17/h1-6,14-17H,7-8H2. The van der Waals surface area contributed by atoms with Crippen LogP contribution in [0.2, 0.25) is 0 Å². The third kappa shape index (κ3) is 2.54. The molecular weight excluding hydrogens is 236 g/mol. The van der Waals surface area contributed by atoms with Gasteiger partial charge in [0.25, 0.3) is 0 Å². The van der Waals surface area contributed by atoms with E-state index in [1.54, 1.807) is 24.3 Å². The van der Waals surface area contributed by atoms with E-state index in [1.165, 1.54) is 0 Å². The molecule has 0 saturated heterocycles. The molecule has 0 radical (unpaired) electrons. The van der Waals surface area contributed by atoms with Crippen molar-refractivity contribution in [2.75, 3.05) is 0 Å². The van der Waals surface area contributed by atoms with Gasteiger partial charge in [-0.2, -0.15) is 0 Å². The average Bonchev–Trinajstić information content (AvgIpc) is 2.28. The summed E-state index contributed by atoms with van der Waals surface area (Å²) < 4.78 is 0. The molecule has 0 fully saturated rings. The first-order chi connectivity index (χ1) is 8.03. The zero-order chi connectivity index (χ0) is 12.5. The summed E-state index contributed by atoms with van der Waals surface area (Å²) in [7, 11) is 0. The molecule has 0 aromatic heterocycles. The van der Waals surface area contributed by atoms with Crippen LogP contribution >= 0.6 is 12.6 Å². The van der Waals surface area contributed by atoms with Gasteiger partial charge in [0.2, 0.25) is 0 Å². The fourth-order valence-corrected chi connectivity index (χ4v) is 2.20. The van der Waals surface area contributed by atoms with Crippen LogP contribution in [0.1, 0.15) is 17.5 Å². The Hall–Kier alpha value is -1.23. The van der Waals surface area contributed by atoms with E-state index in [0.29, 0.717) is 5.57 Å². The Morgan fingerprint density at radius 2 is 1.82 bits per heavy atom. The largest absolute Gasteiger partial charge is 0.512 e. The second-order valence-electron chi connectivity index (χ2n) is 4.09. The fraction of sp³-hybridized carbons (Fsp3) is 0.231. The zero-order valence-electron chi connectivity index (χ0n) is 9.17. The van der Waals surface area contributed by atoms with Gasteiger partial charge in [-0.25, -0.2) is 0 Å². The molecule has 4 heteroatoms. The van der Waals surface area contributed by atoms with Crippen LogP contribution in [0, 0.1) is 0 Å². The maximum absolute atomic E-state index is 10.1. The van der Waals surface area contributed by atoms with Gasteiger partial charge in [0, 0.05) is 12.0 Å². The number of hydrogen-bond donors (Lipinski definition) is 4. The first-order valence-corrected chi connectivity index (χ1v) is 5.73. The van der Waals surface area contributed by atoms with E-state index in [1.807, 2.05) is 12.1 Å². The summed E-state index contributed by atoms with van der Waals surface area (Å²) in [6.45, 7) is -0.00877. The van der Waals surface area contributed by atoms with Gasteiger partial charge in [-0.3, -0.25) is 0 Å². The van der Waals surface area contributed by atoms with Crippen LogP contribution in [-0.2, 0) is 6.61 Å². The molecule has 0 amide bonds. The molecule has 2 rings (SSSR count). The van der Waals surface area contributed by atoms with Gasteiger partial charge in [-0.1, -0.05) is 30.3 Å². The molecule has 1 unspecified atom stereocenters. The Labute approximate surface area is 105 Å². The highest BCUT2D eigenvalue weighted by atomic mass is 32.1. The maximum Gasteiger partial charge on any atom is 0.140 e. The lowest BCUT2D eigenvalue weighted by atomic mass is 9.92. The van der Waals surface area contributed by atoms with Gasteiger partial charge in [-0.05, 0) is 17.2 Å². The number of allylic oxidation sites excluding steroid dienone is 2. The molecule has 0 bridgehead atoms. The normalized spacial score (nSPS) is 24.2. The fourth-order valence-electron chi connectivity index (χ4n) is 1.84. The Bertz CT molecular complexity index is 472. The monoisotopic (exact) mass is 250 g/mol. The summed E-state index contributed by atoms with van der Waals surface area (Å²) in [4.78, 5) is -1.36.